The van der Waals surface area contributed by atoms with Crippen LogP contribution in [-0.4, -0.2) is 41.1 Å². The highest BCUT2D eigenvalue weighted by molar-refractivity contribution is 6.04. The topological polar surface area (TPSA) is 78.9 Å². The van der Waals surface area contributed by atoms with E-state index in [1.165, 1.54) is 5.56 Å². The lowest BCUT2D eigenvalue weighted by Crippen LogP contribution is -2.51. The summed E-state index contributed by atoms with van der Waals surface area (Å²) in [4.78, 5) is 26.9. The number of rotatable bonds is 6. The summed E-state index contributed by atoms with van der Waals surface area (Å²) >= 11 is 0. The maximum atomic E-state index is 12.7. The quantitative estimate of drug-likeness (QED) is 0.545. The number of carbonyl (C=O) groups is 2. The molecule has 2 N–H and O–H groups in total. The van der Waals surface area contributed by atoms with Crippen LogP contribution in [0.4, 0.5) is 5.69 Å². The number of nitrogens with one attached hydrogen (secondary N) is 1. The van der Waals surface area contributed by atoms with Gasteiger partial charge in [-0.1, -0.05) is 75.4 Å². The molecule has 1 aliphatic rings. The van der Waals surface area contributed by atoms with Crippen LogP contribution < -0.4 is 5.32 Å². The Labute approximate surface area is 206 Å². The second kappa shape index (κ2) is 10.4. The number of benzene rings is 3. The van der Waals surface area contributed by atoms with Gasteiger partial charge in [-0.25, -0.2) is 0 Å². The first-order chi connectivity index (χ1) is 16.7. The third-order valence-electron chi connectivity index (χ3n) is 6.32. The minimum atomic E-state index is -0.919. The SMILES string of the molecule is CC(C)(C)c1ccc(C(=O)Nc2ccc(C(O)C3COCC(=O)N3Cc3ccccc3)cc2)cc1. The van der Waals surface area contributed by atoms with Crippen LogP contribution in [0.1, 0.15) is 53.9 Å². The molecule has 0 radical (unpaired) electrons. The van der Waals surface area contributed by atoms with E-state index in [0.29, 0.717) is 23.4 Å². The molecule has 2 unspecified atom stereocenters. The van der Waals surface area contributed by atoms with Gasteiger partial charge in [-0.05, 0) is 46.4 Å². The van der Waals surface area contributed by atoms with Crippen molar-refractivity contribution in [3.63, 3.8) is 0 Å². The van der Waals surface area contributed by atoms with Crippen molar-refractivity contribution in [3.8, 4) is 0 Å². The Morgan fingerprint density at radius 3 is 2.31 bits per heavy atom. The minimum absolute atomic E-state index is 0.0117. The zero-order valence-electron chi connectivity index (χ0n) is 20.4. The maximum absolute atomic E-state index is 12.7. The summed E-state index contributed by atoms with van der Waals surface area (Å²) in [6.07, 6.45) is -0.919. The second-order valence-corrected chi connectivity index (χ2v) is 9.94. The standard InChI is InChI=1S/C29H32N2O4/c1-29(2,3)23-13-9-22(10-14-23)28(34)30-24-15-11-21(12-16-24)27(33)25-18-35-19-26(32)31(25)17-20-7-5-4-6-8-20/h4-16,25,27,33H,17-19H2,1-3H3,(H,30,34). The van der Waals surface area contributed by atoms with Crippen LogP contribution in [0.5, 0.6) is 0 Å². The summed E-state index contributed by atoms with van der Waals surface area (Å²) in [6, 6.07) is 23.9. The molecule has 6 nitrogen and oxygen atoms in total. The Bertz CT molecular complexity index is 1150. The molecule has 3 aromatic rings. The van der Waals surface area contributed by atoms with Gasteiger partial charge in [-0.15, -0.1) is 0 Å². The zero-order valence-corrected chi connectivity index (χ0v) is 20.4. The Morgan fingerprint density at radius 2 is 1.69 bits per heavy atom. The largest absolute Gasteiger partial charge is 0.386 e. The first kappa shape index (κ1) is 24.6. The summed E-state index contributed by atoms with van der Waals surface area (Å²) in [5.74, 6) is -0.343. The number of ether oxygens (including phenoxy) is 1. The Kier molecular flexibility index (Phi) is 7.34. The number of morpholine rings is 1. The summed E-state index contributed by atoms with van der Waals surface area (Å²) in [5, 5.41) is 14.0. The Morgan fingerprint density at radius 1 is 1.03 bits per heavy atom. The van der Waals surface area contributed by atoms with Gasteiger partial charge in [-0.2, -0.15) is 0 Å². The lowest BCUT2D eigenvalue weighted by Gasteiger charge is -2.38. The van der Waals surface area contributed by atoms with Crippen molar-refractivity contribution in [2.75, 3.05) is 18.5 Å². The molecule has 1 heterocycles. The molecule has 182 valence electrons. The van der Waals surface area contributed by atoms with E-state index in [1.54, 1.807) is 29.2 Å². The van der Waals surface area contributed by atoms with E-state index >= 15 is 0 Å². The Balaban J connectivity index is 1.43. The predicted molar refractivity (Wildman–Crippen MR) is 136 cm³/mol. The predicted octanol–water partition coefficient (Wildman–Crippen LogP) is 4.70. The average molecular weight is 473 g/mol. The van der Waals surface area contributed by atoms with Crippen LogP contribution in [0.2, 0.25) is 0 Å². The fourth-order valence-electron chi connectivity index (χ4n) is 4.18. The van der Waals surface area contributed by atoms with Crippen molar-refractivity contribution < 1.29 is 19.4 Å². The van der Waals surface area contributed by atoms with Crippen LogP contribution in [0.15, 0.2) is 78.9 Å². The smallest absolute Gasteiger partial charge is 0.255 e. The molecular weight excluding hydrogens is 440 g/mol. The number of aliphatic hydroxyl groups excluding tert-OH is 1. The number of carbonyl (C=O) groups excluding carboxylic acids is 2. The molecule has 2 atom stereocenters. The molecule has 1 aliphatic heterocycles. The van der Waals surface area contributed by atoms with Crippen LogP contribution >= 0.6 is 0 Å². The van der Waals surface area contributed by atoms with Gasteiger partial charge in [0.05, 0.1) is 12.6 Å². The van der Waals surface area contributed by atoms with E-state index in [0.717, 1.165) is 5.56 Å². The van der Waals surface area contributed by atoms with Gasteiger partial charge in [0.2, 0.25) is 5.91 Å². The van der Waals surface area contributed by atoms with Crippen molar-refractivity contribution in [2.45, 2.75) is 44.9 Å². The molecular formula is C29H32N2O4. The van der Waals surface area contributed by atoms with E-state index in [-0.39, 0.29) is 30.4 Å². The third kappa shape index (κ3) is 5.96. The number of amides is 2. The average Bonchev–Trinajstić information content (AvgIpc) is 2.85. The number of anilines is 1. The number of aliphatic hydroxyl groups is 1. The summed E-state index contributed by atoms with van der Waals surface area (Å²) < 4.78 is 5.45. The molecule has 1 fully saturated rings. The van der Waals surface area contributed by atoms with E-state index in [1.807, 2.05) is 54.6 Å². The molecule has 0 bridgehead atoms. The molecule has 1 saturated heterocycles. The Hall–Kier alpha value is -3.48. The van der Waals surface area contributed by atoms with Crippen LogP contribution in [0, 0.1) is 0 Å². The van der Waals surface area contributed by atoms with Gasteiger partial charge < -0.3 is 20.1 Å². The van der Waals surface area contributed by atoms with Gasteiger partial charge in [0.15, 0.2) is 0 Å². The van der Waals surface area contributed by atoms with E-state index in [2.05, 4.69) is 26.1 Å². The molecule has 0 saturated carbocycles. The molecule has 0 spiro atoms. The molecule has 6 heteroatoms. The second-order valence-electron chi connectivity index (χ2n) is 9.94. The molecule has 3 aromatic carbocycles. The van der Waals surface area contributed by atoms with Crippen molar-refractivity contribution in [3.05, 3.63) is 101 Å². The minimum Gasteiger partial charge on any atom is -0.386 e. The highest BCUT2D eigenvalue weighted by Crippen LogP contribution is 2.27. The first-order valence-electron chi connectivity index (χ1n) is 11.8. The number of hydrogen-bond acceptors (Lipinski definition) is 4. The fraction of sp³-hybridized carbons (Fsp3) is 0.310. The van der Waals surface area contributed by atoms with Gasteiger partial charge in [0.1, 0.15) is 12.7 Å². The fourth-order valence-corrected chi connectivity index (χ4v) is 4.18. The van der Waals surface area contributed by atoms with Crippen molar-refractivity contribution in [1.82, 2.24) is 4.90 Å². The monoisotopic (exact) mass is 472 g/mol. The highest BCUT2D eigenvalue weighted by Gasteiger charge is 2.34. The van der Waals surface area contributed by atoms with E-state index < -0.39 is 12.1 Å². The normalized spacial score (nSPS) is 17.2. The lowest BCUT2D eigenvalue weighted by atomic mass is 9.87. The number of hydrogen-bond donors (Lipinski definition) is 2. The van der Waals surface area contributed by atoms with Crippen molar-refractivity contribution >= 4 is 17.5 Å². The summed E-state index contributed by atoms with van der Waals surface area (Å²) in [7, 11) is 0. The molecule has 0 aromatic heterocycles. The van der Waals surface area contributed by atoms with E-state index in [4.69, 9.17) is 4.74 Å². The zero-order chi connectivity index (χ0) is 25.0. The third-order valence-corrected chi connectivity index (χ3v) is 6.32. The molecule has 2 amide bonds. The van der Waals surface area contributed by atoms with Crippen molar-refractivity contribution in [1.29, 1.82) is 0 Å². The van der Waals surface area contributed by atoms with Gasteiger partial charge in [-0.3, -0.25) is 9.59 Å². The number of nitrogens with zero attached hydrogens (tertiary/aromatic N) is 1. The van der Waals surface area contributed by atoms with Crippen LogP contribution in [-0.2, 0) is 21.5 Å². The van der Waals surface area contributed by atoms with Gasteiger partial charge in [0.25, 0.3) is 5.91 Å². The maximum Gasteiger partial charge on any atom is 0.255 e. The molecule has 35 heavy (non-hydrogen) atoms. The molecule has 0 aliphatic carbocycles. The van der Waals surface area contributed by atoms with Gasteiger partial charge >= 0.3 is 0 Å². The van der Waals surface area contributed by atoms with Crippen molar-refractivity contribution in [2.24, 2.45) is 0 Å². The molecule has 4 rings (SSSR count). The van der Waals surface area contributed by atoms with Gasteiger partial charge in [0, 0.05) is 17.8 Å². The highest BCUT2D eigenvalue weighted by atomic mass is 16.5. The summed E-state index contributed by atoms with van der Waals surface area (Å²) in [5.41, 5.74) is 4.04. The summed E-state index contributed by atoms with van der Waals surface area (Å²) in [6.45, 7) is 7.07. The van der Waals surface area contributed by atoms with Crippen LogP contribution in [0.25, 0.3) is 0 Å². The first-order valence-corrected chi connectivity index (χ1v) is 11.8. The van der Waals surface area contributed by atoms with E-state index in [9.17, 15) is 14.7 Å². The lowest BCUT2D eigenvalue weighted by molar-refractivity contribution is -0.155. The van der Waals surface area contributed by atoms with Crippen LogP contribution in [0.3, 0.4) is 0 Å².